The van der Waals surface area contributed by atoms with Gasteiger partial charge in [0.1, 0.15) is 12.1 Å². The first-order chi connectivity index (χ1) is 15.0. The molecule has 7 heteroatoms. The van der Waals surface area contributed by atoms with E-state index in [1.54, 1.807) is 11.3 Å². The molecule has 1 aliphatic heterocycles. The summed E-state index contributed by atoms with van der Waals surface area (Å²) in [7, 11) is 0. The van der Waals surface area contributed by atoms with E-state index in [4.69, 9.17) is 0 Å². The normalized spacial score (nSPS) is 21.3. The predicted octanol–water partition coefficient (Wildman–Crippen LogP) is 3.86. The van der Waals surface area contributed by atoms with Crippen LogP contribution in [-0.4, -0.2) is 29.3 Å². The predicted molar refractivity (Wildman–Crippen MR) is 120 cm³/mol. The van der Waals surface area contributed by atoms with Crippen molar-refractivity contribution in [2.45, 2.75) is 37.8 Å². The fourth-order valence-electron chi connectivity index (χ4n) is 4.68. The van der Waals surface area contributed by atoms with E-state index in [0.717, 1.165) is 44.5 Å². The summed E-state index contributed by atoms with van der Waals surface area (Å²) < 4.78 is 0. The molecule has 6 nitrogen and oxygen atoms in total. The SMILES string of the molecule is C[C@@H](NC(=O)CN1C(=O)N[C@@]2(CCCc3sccc32)C1=O)c1ccc2ccccc2c1. The molecule has 1 aliphatic carbocycles. The lowest BCUT2D eigenvalue weighted by Crippen LogP contribution is -2.47. The average molecular weight is 434 g/mol. The van der Waals surface area contributed by atoms with E-state index in [9.17, 15) is 14.4 Å². The largest absolute Gasteiger partial charge is 0.348 e. The monoisotopic (exact) mass is 433 g/mol. The number of fused-ring (bicyclic) bond motifs is 3. The van der Waals surface area contributed by atoms with Crippen LogP contribution in [-0.2, 0) is 21.5 Å². The number of rotatable bonds is 4. The van der Waals surface area contributed by atoms with Crippen molar-refractivity contribution >= 4 is 40.0 Å². The second-order valence-corrected chi connectivity index (χ2v) is 9.23. The Morgan fingerprint density at radius 3 is 2.84 bits per heavy atom. The topological polar surface area (TPSA) is 78.5 Å². The van der Waals surface area contributed by atoms with Crippen LogP contribution in [0.2, 0.25) is 0 Å². The number of aryl methyl sites for hydroxylation is 1. The Labute approximate surface area is 184 Å². The van der Waals surface area contributed by atoms with Gasteiger partial charge in [0, 0.05) is 10.4 Å². The van der Waals surface area contributed by atoms with Crippen molar-refractivity contribution < 1.29 is 14.4 Å². The molecule has 0 unspecified atom stereocenters. The van der Waals surface area contributed by atoms with Crippen molar-refractivity contribution in [3.05, 3.63) is 69.9 Å². The number of nitrogens with zero attached hydrogens (tertiary/aromatic N) is 1. The quantitative estimate of drug-likeness (QED) is 0.613. The molecule has 0 bridgehead atoms. The van der Waals surface area contributed by atoms with Gasteiger partial charge in [0.25, 0.3) is 5.91 Å². The van der Waals surface area contributed by atoms with Gasteiger partial charge in [-0.15, -0.1) is 11.3 Å². The van der Waals surface area contributed by atoms with Gasteiger partial charge >= 0.3 is 6.03 Å². The van der Waals surface area contributed by atoms with Gasteiger partial charge in [-0.1, -0.05) is 36.4 Å². The van der Waals surface area contributed by atoms with E-state index in [1.807, 2.05) is 60.8 Å². The third-order valence-corrected chi connectivity index (χ3v) is 7.27. The summed E-state index contributed by atoms with van der Waals surface area (Å²) in [6.07, 6.45) is 2.31. The molecule has 2 heterocycles. The van der Waals surface area contributed by atoms with Crippen LogP contribution >= 0.6 is 11.3 Å². The molecule has 31 heavy (non-hydrogen) atoms. The van der Waals surface area contributed by atoms with Crippen LogP contribution in [0.25, 0.3) is 10.8 Å². The molecule has 1 saturated heterocycles. The molecular weight excluding hydrogens is 410 g/mol. The third-order valence-electron chi connectivity index (χ3n) is 6.29. The molecule has 2 aromatic carbocycles. The Hall–Kier alpha value is -3.19. The standard InChI is InChI=1S/C24H23N3O3S/c1-15(17-9-8-16-5-2-3-6-18(16)13-17)25-21(28)14-27-22(29)24(26-23(27)30)11-4-7-20-19(24)10-12-31-20/h2-3,5-6,8-10,12-13,15H,4,7,11,14H2,1H3,(H,25,28)(H,26,30)/t15-,24-/m1/s1. The van der Waals surface area contributed by atoms with Gasteiger partial charge in [0.2, 0.25) is 5.91 Å². The summed E-state index contributed by atoms with van der Waals surface area (Å²) in [4.78, 5) is 40.8. The maximum Gasteiger partial charge on any atom is 0.325 e. The number of urea groups is 1. The zero-order valence-electron chi connectivity index (χ0n) is 17.2. The van der Waals surface area contributed by atoms with E-state index >= 15 is 0 Å². The molecule has 0 radical (unpaired) electrons. The van der Waals surface area contributed by atoms with Crippen LogP contribution in [0.3, 0.4) is 0 Å². The third kappa shape index (κ3) is 3.29. The molecular formula is C24H23N3O3S. The summed E-state index contributed by atoms with van der Waals surface area (Å²) in [5.74, 6) is -0.687. The average Bonchev–Trinajstić information content (AvgIpc) is 3.34. The van der Waals surface area contributed by atoms with Crippen molar-refractivity contribution in [2.75, 3.05) is 6.54 Å². The molecule has 5 rings (SSSR count). The Bertz CT molecular complexity index is 1200. The van der Waals surface area contributed by atoms with Gasteiger partial charge in [-0.25, -0.2) is 4.79 Å². The molecule has 0 saturated carbocycles. The Morgan fingerprint density at radius 2 is 2.00 bits per heavy atom. The lowest BCUT2D eigenvalue weighted by Gasteiger charge is -2.31. The number of hydrogen-bond acceptors (Lipinski definition) is 4. The highest BCUT2D eigenvalue weighted by molar-refractivity contribution is 7.10. The first-order valence-corrected chi connectivity index (χ1v) is 11.3. The number of nitrogens with one attached hydrogen (secondary N) is 2. The molecule has 1 spiro atoms. The van der Waals surface area contributed by atoms with Crippen molar-refractivity contribution in [3.63, 3.8) is 0 Å². The van der Waals surface area contributed by atoms with Gasteiger partial charge in [-0.3, -0.25) is 14.5 Å². The molecule has 1 fully saturated rings. The maximum absolute atomic E-state index is 13.3. The number of benzene rings is 2. The summed E-state index contributed by atoms with van der Waals surface area (Å²) >= 11 is 1.61. The summed E-state index contributed by atoms with van der Waals surface area (Å²) in [5, 5.41) is 10.00. The highest BCUT2D eigenvalue weighted by Gasteiger charge is 2.54. The highest BCUT2D eigenvalue weighted by Crippen LogP contribution is 2.42. The van der Waals surface area contributed by atoms with E-state index in [0.29, 0.717) is 6.42 Å². The molecule has 158 valence electrons. The van der Waals surface area contributed by atoms with Crippen LogP contribution < -0.4 is 10.6 Å². The van der Waals surface area contributed by atoms with Crippen LogP contribution in [0.15, 0.2) is 53.9 Å². The van der Waals surface area contributed by atoms with Gasteiger partial charge in [0.05, 0.1) is 6.04 Å². The van der Waals surface area contributed by atoms with E-state index in [1.165, 1.54) is 0 Å². The number of thiophene rings is 1. The number of carbonyl (C=O) groups excluding carboxylic acids is 3. The minimum absolute atomic E-state index is 0.245. The van der Waals surface area contributed by atoms with Crippen molar-refractivity contribution in [2.24, 2.45) is 0 Å². The van der Waals surface area contributed by atoms with Crippen LogP contribution in [0.1, 0.15) is 41.8 Å². The van der Waals surface area contributed by atoms with Gasteiger partial charge in [-0.05, 0) is 60.0 Å². The number of amides is 4. The minimum Gasteiger partial charge on any atom is -0.348 e. The fraction of sp³-hybridized carbons (Fsp3) is 0.292. The van der Waals surface area contributed by atoms with Gasteiger partial charge < -0.3 is 10.6 Å². The van der Waals surface area contributed by atoms with Crippen molar-refractivity contribution in [1.29, 1.82) is 0 Å². The second-order valence-electron chi connectivity index (χ2n) is 8.23. The first kappa shape index (κ1) is 19.8. The van der Waals surface area contributed by atoms with E-state index in [-0.39, 0.29) is 24.4 Å². The number of carbonyl (C=O) groups is 3. The molecule has 2 aliphatic rings. The zero-order chi connectivity index (χ0) is 21.6. The molecule has 2 N–H and O–H groups in total. The smallest absolute Gasteiger partial charge is 0.325 e. The Kier molecular flexibility index (Phi) is 4.78. The fourth-order valence-corrected chi connectivity index (χ4v) is 5.68. The van der Waals surface area contributed by atoms with Crippen LogP contribution in [0.5, 0.6) is 0 Å². The van der Waals surface area contributed by atoms with Gasteiger partial charge in [0.15, 0.2) is 0 Å². The number of hydrogen-bond donors (Lipinski definition) is 2. The first-order valence-electron chi connectivity index (χ1n) is 10.5. The highest BCUT2D eigenvalue weighted by atomic mass is 32.1. The molecule has 1 aromatic heterocycles. The Morgan fingerprint density at radius 1 is 1.19 bits per heavy atom. The summed E-state index contributed by atoms with van der Waals surface area (Å²) in [6.45, 7) is 1.61. The summed E-state index contributed by atoms with van der Waals surface area (Å²) in [6, 6.07) is 15.3. The van der Waals surface area contributed by atoms with E-state index < -0.39 is 11.6 Å². The van der Waals surface area contributed by atoms with Crippen molar-refractivity contribution in [1.82, 2.24) is 15.5 Å². The lowest BCUT2D eigenvalue weighted by atomic mass is 9.80. The van der Waals surface area contributed by atoms with Crippen LogP contribution in [0, 0.1) is 0 Å². The minimum atomic E-state index is -1.02. The van der Waals surface area contributed by atoms with E-state index in [2.05, 4.69) is 10.6 Å². The number of imide groups is 1. The van der Waals surface area contributed by atoms with Crippen molar-refractivity contribution in [3.8, 4) is 0 Å². The zero-order valence-corrected chi connectivity index (χ0v) is 18.0. The molecule has 4 amide bonds. The second kappa shape index (κ2) is 7.50. The maximum atomic E-state index is 13.3. The van der Waals surface area contributed by atoms with Crippen LogP contribution in [0.4, 0.5) is 4.79 Å². The summed E-state index contributed by atoms with van der Waals surface area (Å²) in [5.41, 5.74) is 0.833. The molecule has 2 atom stereocenters. The lowest BCUT2D eigenvalue weighted by molar-refractivity contribution is -0.135. The van der Waals surface area contributed by atoms with Gasteiger partial charge in [-0.2, -0.15) is 0 Å². The Balaban J connectivity index is 1.30. The molecule has 3 aromatic rings.